The second kappa shape index (κ2) is 7.77. The monoisotopic (exact) mass is 398 g/mol. The van der Waals surface area contributed by atoms with Crippen molar-refractivity contribution in [2.75, 3.05) is 24.7 Å². The van der Waals surface area contributed by atoms with Crippen LogP contribution in [0, 0.1) is 0 Å². The van der Waals surface area contributed by atoms with Crippen LogP contribution < -0.4 is 0 Å². The molecule has 2 aliphatic rings. The van der Waals surface area contributed by atoms with Crippen molar-refractivity contribution in [1.29, 1.82) is 0 Å². The quantitative estimate of drug-likeness (QED) is 0.732. The average Bonchev–Trinajstić information content (AvgIpc) is 3.01. The summed E-state index contributed by atoms with van der Waals surface area (Å²) in [5.74, 6) is -1.64. The highest BCUT2D eigenvalue weighted by molar-refractivity contribution is 8.15. The number of amides is 1. The van der Waals surface area contributed by atoms with Gasteiger partial charge in [0.2, 0.25) is 0 Å². The molecule has 0 spiro atoms. The molecule has 10 heteroatoms. The van der Waals surface area contributed by atoms with Crippen molar-refractivity contribution in [2.24, 2.45) is 4.99 Å². The number of carboxylic acids is 1. The summed E-state index contributed by atoms with van der Waals surface area (Å²) in [5.41, 5.74) is 0.986. The van der Waals surface area contributed by atoms with Gasteiger partial charge in [0.1, 0.15) is 13.2 Å². The molecule has 2 atom stereocenters. The molecular formula is C16H18N2O6S2. The molecule has 0 bridgehead atoms. The Labute approximate surface area is 155 Å². The van der Waals surface area contributed by atoms with E-state index in [-0.39, 0.29) is 22.8 Å². The van der Waals surface area contributed by atoms with Gasteiger partial charge in [-0.2, -0.15) is 4.99 Å². The number of hydrogen-bond acceptors (Lipinski definition) is 6. The van der Waals surface area contributed by atoms with Crippen LogP contribution in [0.5, 0.6) is 0 Å². The minimum Gasteiger partial charge on any atom is -0.480 e. The number of amidine groups is 1. The van der Waals surface area contributed by atoms with Gasteiger partial charge in [0, 0.05) is 11.8 Å². The van der Waals surface area contributed by atoms with Crippen LogP contribution in [0.1, 0.15) is 5.56 Å². The number of sulfone groups is 1. The van der Waals surface area contributed by atoms with Crippen LogP contribution >= 0.6 is 11.8 Å². The van der Waals surface area contributed by atoms with Crippen LogP contribution in [0.3, 0.4) is 0 Å². The Morgan fingerprint density at radius 1 is 1.23 bits per heavy atom. The molecule has 0 aliphatic carbocycles. The summed E-state index contributed by atoms with van der Waals surface area (Å²) in [4.78, 5) is 28.3. The molecule has 1 aromatic rings. The highest BCUT2D eigenvalue weighted by Gasteiger charge is 2.48. The third-order valence-electron chi connectivity index (χ3n) is 4.04. The summed E-state index contributed by atoms with van der Waals surface area (Å²) >= 11 is 1.28. The number of hydrogen-bond donors (Lipinski definition) is 1. The van der Waals surface area contributed by atoms with Gasteiger partial charge in [-0.25, -0.2) is 13.2 Å². The molecule has 8 nitrogen and oxygen atoms in total. The van der Waals surface area contributed by atoms with E-state index < -0.39 is 34.9 Å². The Bertz CT molecular complexity index is 824. The van der Waals surface area contributed by atoms with Gasteiger partial charge < -0.3 is 14.7 Å². The first-order valence-corrected chi connectivity index (χ1v) is 10.6. The summed E-state index contributed by atoms with van der Waals surface area (Å²) in [6.07, 6.45) is 0. The van der Waals surface area contributed by atoms with Crippen molar-refractivity contribution >= 4 is 38.6 Å². The van der Waals surface area contributed by atoms with Gasteiger partial charge in [0.05, 0.1) is 17.5 Å². The van der Waals surface area contributed by atoms with Gasteiger partial charge in [0.15, 0.2) is 15.0 Å². The fraction of sp³-hybridized carbons (Fsp3) is 0.438. The van der Waals surface area contributed by atoms with Crippen LogP contribution in [-0.4, -0.2) is 71.5 Å². The predicted molar refractivity (Wildman–Crippen MR) is 96.7 cm³/mol. The number of benzene rings is 1. The summed E-state index contributed by atoms with van der Waals surface area (Å²) in [5, 5.41) is 8.84. The number of thioether (sulfide) groups is 1. The third kappa shape index (κ3) is 4.63. The molecule has 2 saturated heterocycles. The Balaban J connectivity index is 1.76. The van der Waals surface area contributed by atoms with Crippen LogP contribution in [-0.2, 0) is 30.7 Å². The lowest BCUT2D eigenvalue weighted by molar-refractivity contribution is -0.143. The van der Waals surface area contributed by atoms with Gasteiger partial charge in [0.25, 0.3) is 5.91 Å². The van der Waals surface area contributed by atoms with Crippen LogP contribution in [0.25, 0.3) is 0 Å². The SMILES string of the molecule is O=C(O)COCC(=O)N=C1S[C@H]2CS(=O)(=O)C[C@@H]2N1Cc1ccccc1. The summed E-state index contributed by atoms with van der Waals surface area (Å²) in [6, 6.07) is 9.31. The molecule has 0 saturated carbocycles. The van der Waals surface area contributed by atoms with Gasteiger partial charge in [-0.3, -0.25) is 4.79 Å². The highest BCUT2D eigenvalue weighted by atomic mass is 32.2. The maximum atomic E-state index is 12.0. The van der Waals surface area contributed by atoms with Crippen molar-refractivity contribution in [3.05, 3.63) is 35.9 Å². The van der Waals surface area contributed by atoms with E-state index in [1.165, 1.54) is 11.8 Å². The average molecular weight is 398 g/mol. The second-order valence-corrected chi connectivity index (χ2v) is 9.45. The largest absolute Gasteiger partial charge is 0.480 e. The maximum Gasteiger partial charge on any atom is 0.329 e. The lowest BCUT2D eigenvalue weighted by Gasteiger charge is -2.24. The topological polar surface area (TPSA) is 113 Å². The maximum absolute atomic E-state index is 12.0. The van der Waals surface area contributed by atoms with E-state index in [2.05, 4.69) is 4.99 Å². The molecule has 2 aliphatic heterocycles. The van der Waals surface area contributed by atoms with E-state index >= 15 is 0 Å². The minimum absolute atomic E-state index is 0.0419. The number of nitrogens with zero attached hydrogens (tertiary/aromatic N) is 2. The number of carbonyl (C=O) groups excluding carboxylic acids is 1. The molecule has 0 radical (unpaired) electrons. The third-order valence-corrected chi connectivity index (χ3v) is 7.29. The molecule has 2 fully saturated rings. The van der Waals surface area contributed by atoms with Gasteiger partial charge in [-0.1, -0.05) is 42.1 Å². The molecule has 1 amide bonds. The zero-order chi connectivity index (χ0) is 18.7. The summed E-state index contributed by atoms with van der Waals surface area (Å²) in [7, 11) is -3.10. The van der Waals surface area contributed by atoms with Gasteiger partial charge in [-0.05, 0) is 5.56 Å². The molecule has 140 valence electrons. The Morgan fingerprint density at radius 3 is 2.65 bits per heavy atom. The standard InChI is InChI=1S/C16H18N2O6S2/c19-14(7-24-8-15(20)21)17-16-18(6-11-4-2-1-3-5-11)12-9-26(22,23)10-13(12)25-16/h1-5,12-13H,6-10H2,(H,20,21)/t12-,13-/m0/s1. The Hall–Kier alpha value is -1.91. The molecule has 2 heterocycles. The second-order valence-electron chi connectivity index (χ2n) is 6.09. The lowest BCUT2D eigenvalue weighted by Crippen LogP contribution is -2.37. The molecule has 0 aromatic heterocycles. The van der Waals surface area contributed by atoms with Gasteiger partial charge >= 0.3 is 5.97 Å². The molecule has 1 aromatic carbocycles. The first kappa shape index (κ1) is 18.9. The van der Waals surface area contributed by atoms with E-state index in [1.54, 1.807) is 0 Å². The van der Waals surface area contributed by atoms with Crippen LogP contribution in [0.15, 0.2) is 35.3 Å². The number of carbonyl (C=O) groups is 2. The van der Waals surface area contributed by atoms with E-state index in [1.807, 2.05) is 35.2 Å². The molecule has 1 N–H and O–H groups in total. The van der Waals surface area contributed by atoms with E-state index in [0.29, 0.717) is 11.7 Å². The predicted octanol–water partition coefficient (Wildman–Crippen LogP) is 0.385. The Morgan fingerprint density at radius 2 is 1.96 bits per heavy atom. The zero-order valence-corrected chi connectivity index (χ0v) is 15.4. The number of aliphatic carboxylic acids is 1. The Kier molecular flexibility index (Phi) is 5.64. The molecular weight excluding hydrogens is 380 g/mol. The fourth-order valence-electron chi connectivity index (χ4n) is 2.97. The normalized spacial score (nSPS) is 25.4. The van der Waals surface area contributed by atoms with Crippen molar-refractivity contribution in [1.82, 2.24) is 4.90 Å². The minimum atomic E-state index is -3.10. The highest BCUT2D eigenvalue weighted by Crippen LogP contribution is 2.38. The van der Waals surface area contributed by atoms with Crippen molar-refractivity contribution < 1.29 is 27.9 Å². The van der Waals surface area contributed by atoms with Crippen molar-refractivity contribution in [2.45, 2.75) is 17.8 Å². The number of rotatable bonds is 6. The van der Waals surface area contributed by atoms with Crippen molar-refractivity contribution in [3.8, 4) is 0 Å². The lowest BCUT2D eigenvalue weighted by atomic mass is 10.1. The number of aliphatic imine (C=N–C) groups is 1. The molecule has 0 unspecified atom stereocenters. The molecule has 3 rings (SSSR count). The summed E-state index contributed by atoms with van der Waals surface area (Å²) < 4.78 is 28.7. The van der Waals surface area contributed by atoms with Crippen molar-refractivity contribution in [3.63, 3.8) is 0 Å². The first-order valence-electron chi connectivity index (χ1n) is 7.93. The number of ether oxygens (including phenoxy) is 1. The van der Waals surface area contributed by atoms with Gasteiger partial charge in [-0.15, -0.1) is 0 Å². The number of fused-ring (bicyclic) bond motifs is 1. The van der Waals surface area contributed by atoms with E-state index in [9.17, 15) is 18.0 Å². The fourth-order valence-corrected chi connectivity index (χ4v) is 6.93. The van der Waals surface area contributed by atoms with E-state index in [0.717, 1.165) is 5.56 Å². The zero-order valence-electron chi connectivity index (χ0n) is 13.8. The smallest absolute Gasteiger partial charge is 0.329 e. The molecule has 26 heavy (non-hydrogen) atoms. The summed E-state index contributed by atoms with van der Waals surface area (Å²) in [6.45, 7) is -0.545. The van der Waals surface area contributed by atoms with E-state index in [4.69, 9.17) is 9.84 Å². The van der Waals surface area contributed by atoms with Crippen LogP contribution in [0.2, 0.25) is 0 Å². The van der Waals surface area contributed by atoms with Crippen LogP contribution in [0.4, 0.5) is 0 Å². The number of carboxylic acid groups (broad SMARTS) is 1. The first-order chi connectivity index (χ1) is 12.3.